The SMILES string of the molecule is Cc1ccc(-[n+]2c(C)cc(-c3ccccc3)nc2-c2ccccc2)cc1. The van der Waals surface area contributed by atoms with Crippen molar-refractivity contribution in [1.29, 1.82) is 0 Å². The first kappa shape index (κ1) is 16.2. The summed E-state index contributed by atoms with van der Waals surface area (Å²) in [6, 6.07) is 31.5. The Balaban J connectivity index is 1.97. The molecule has 2 heteroatoms. The lowest BCUT2D eigenvalue weighted by Crippen LogP contribution is -2.38. The zero-order chi connectivity index (χ0) is 17.9. The van der Waals surface area contributed by atoms with Crippen molar-refractivity contribution in [1.82, 2.24) is 4.98 Å². The van der Waals surface area contributed by atoms with E-state index in [9.17, 15) is 0 Å². The molecule has 1 aromatic heterocycles. The quantitative estimate of drug-likeness (QED) is 0.463. The Morgan fingerprint density at radius 3 is 1.85 bits per heavy atom. The molecule has 126 valence electrons. The number of hydrogen-bond donors (Lipinski definition) is 0. The predicted octanol–water partition coefficient (Wildman–Crippen LogP) is 5.31. The second-order valence-corrected chi connectivity index (χ2v) is 6.51. The zero-order valence-electron chi connectivity index (χ0n) is 15.1. The highest BCUT2D eigenvalue weighted by molar-refractivity contribution is 5.62. The van der Waals surface area contributed by atoms with Crippen molar-refractivity contribution in [2.24, 2.45) is 0 Å². The maximum absolute atomic E-state index is 5.04. The van der Waals surface area contributed by atoms with Crippen molar-refractivity contribution < 1.29 is 4.57 Å². The third-order valence-corrected chi connectivity index (χ3v) is 4.53. The van der Waals surface area contributed by atoms with Gasteiger partial charge in [0.25, 0.3) is 0 Å². The van der Waals surface area contributed by atoms with E-state index >= 15 is 0 Å². The van der Waals surface area contributed by atoms with Gasteiger partial charge in [-0.15, -0.1) is 0 Å². The van der Waals surface area contributed by atoms with Gasteiger partial charge in [-0.1, -0.05) is 66.2 Å². The normalized spacial score (nSPS) is 10.7. The van der Waals surface area contributed by atoms with Gasteiger partial charge in [-0.25, -0.2) is 0 Å². The van der Waals surface area contributed by atoms with Crippen molar-refractivity contribution in [2.45, 2.75) is 13.8 Å². The second-order valence-electron chi connectivity index (χ2n) is 6.51. The third kappa shape index (κ3) is 3.14. The smallest absolute Gasteiger partial charge is 0.193 e. The Morgan fingerprint density at radius 2 is 1.23 bits per heavy atom. The summed E-state index contributed by atoms with van der Waals surface area (Å²) >= 11 is 0. The zero-order valence-corrected chi connectivity index (χ0v) is 15.1. The van der Waals surface area contributed by atoms with Gasteiger partial charge in [-0.3, -0.25) is 0 Å². The standard InChI is InChI=1S/C24H21N2/c1-18-13-15-22(16-14-18)26-19(2)17-23(20-9-5-3-6-10-20)25-24(26)21-11-7-4-8-12-21/h3-17H,1-2H3/q+1. The molecule has 0 amide bonds. The molecule has 0 atom stereocenters. The van der Waals surface area contributed by atoms with Crippen LogP contribution in [0.5, 0.6) is 0 Å². The number of rotatable bonds is 3. The van der Waals surface area contributed by atoms with Crippen molar-refractivity contribution >= 4 is 0 Å². The lowest BCUT2D eigenvalue weighted by molar-refractivity contribution is -0.593. The molecule has 1 heterocycles. The van der Waals surface area contributed by atoms with Crippen LogP contribution in [-0.2, 0) is 0 Å². The first-order valence-corrected chi connectivity index (χ1v) is 8.84. The minimum atomic E-state index is 0.952. The van der Waals surface area contributed by atoms with Gasteiger partial charge in [0.1, 0.15) is 11.4 Å². The Labute approximate surface area is 154 Å². The van der Waals surface area contributed by atoms with Crippen LogP contribution in [0.15, 0.2) is 91.0 Å². The van der Waals surface area contributed by atoms with E-state index in [4.69, 9.17) is 4.98 Å². The average Bonchev–Trinajstić information content (AvgIpc) is 2.70. The number of hydrogen-bond acceptors (Lipinski definition) is 1. The summed E-state index contributed by atoms with van der Waals surface area (Å²) in [4.78, 5) is 5.04. The van der Waals surface area contributed by atoms with Crippen molar-refractivity contribution in [2.75, 3.05) is 0 Å². The van der Waals surface area contributed by atoms with Gasteiger partial charge in [-0.05, 0) is 43.1 Å². The Bertz CT molecular complexity index is 1020. The molecule has 0 fully saturated rings. The number of aryl methyl sites for hydroxylation is 2. The maximum atomic E-state index is 5.04. The van der Waals surface area contributed by atoms with Gasteiger partial charge in [-0.2, -0.15) is 4.57 Å². The van der Waals surface area contributed by atoms with Crippen molar-refractivity contribution in [3.05, 3.63) is 102 Å². The maximum Gasteiger partial charge on any atom is 0.336 e. The molecule has 4 aromatic rings. The van der Waals surface area contributed by atoms with Gasteiger partial charge in [0.05, 0.1) is 5.56 Å². The Hall–Kier alpha value is -3.26. The average molecular weight is 337 g/mol. The molecule has 4 rings (SSSR count). The highest BCUT2D eigenvalue weighted by atomic mass is 15.1. The first-order valence-electron chi connectivity index (χ1n) is 8.84. The van der Waals surface area contributed by atoms with Gasteiger partial charge in [0.2, 0.25) is 0 Å². The molecule has 26 heavy (non-hydrogen) atoms. The van der Waals surface area contributed by atoms with Crippen LogP contribution < -0.4 is 4.57 Å². The monoisotopic (exact) mass is 337 g/mol. The molecule has 0 aliphatic heterocycles. The minimum Gasteiger partial charge on any atom is -0.193 e. The summed E-state index contributed by atoms with van der Waals surface area (Å²) in [5.41, 5.74) is 6.76. The largest absolute Gasteiger partial charge is 0.336 e. The Morgan fingerprint density at radius 1 is 0.654 bits per heavy atom. The van der Waals surface area contributed by atoms with Gasteiger partial charge in [0, 0.05) is 11.6 Å². The van der Waals surface area contributed by atoms with E-state index in [0.717, 1.165) is 34.0 Å². The van der Waals surface area contributed by atoms with Gasteiger partial charge < -0.3 is 0 Å². The topological polar surface area (TPSA) is 16.8 Å². The van der Waals surface area contributed by atoms with Crippen molar-refractivity contribution in [3.63, 3.8) is 0 Å². The summed E-state index contributed by atoms with van der Waals surface area (Å²) in [5, 5.41) is 0. The van der Waals surface area contributed by atoms with Crippen LogP contribution in [0, 0.1) is 13.8 Å². The van der Waals surface area contributed by atoms with Crippen LogP contribution in [-0.4, -0.2) is 4.98 Å². The van der Waals surface area contributed by atoms with E-state index in [1.807, 2.05) is 12.1 Å². The third-order valence-electron chi connectivity index (χ3n) is 4.53. The van der Waals surface area contributed by atoms with E-state index in [-0.39, 0.29) is 0 Å². The predicted molar refractivity (Wildman–Crippen MR) is 106 cm³/mol. The first-order chi connectivity index (χ1) is 12.7. The van der Waals surface area contributed by atoms with Crippen LogP contribution in [0.1, 0.15) is 11.3 Å². The molecule has 0 aliphatic carbocycles. The summed E-state index contributed by atoms with van der Waals surface area (Å²) in [6.45, 7) is 4.25. The second kappa shape index (κ2) is 6.93. The van der Waals surface area contributed by atoms with E-state index in [2.05, 4.69) is 97.3 Å². The van der Waals surface area contributed by atoms with E-state index < -0.39 is 0 Å². The molecule has 0 unspecified atom stereocenters. The molecule has 0 bridgehead atoms. The molecule has 0 spiro atoms. The van der Waals surface area contributed by atoms with E-state index in [1.165, 1.54) is 5.56 Å². The summed E-state index contributed by atoms with van der Waals surface area (Å²) in [7, 11) is 0. The fourth-order valence-corrected chi connectivity index (χ4v) is 3.18. The highest BCUT2D eigenvalue weighted by Crippen LogP contribution is 2.22. The van der Waals surface area contributed by atoms with Gasteiger partial charge >= 0.3 is 5.82 Å². The van der Waals surface area contributed by atoms with Crippen molar-refractivity contribution in [3.8, 4) is 28.3 Å². The molecule has 2 nitrogen and oxygen atoms in total. The summed E-state index contributed by atoms with van der Waals surface area (Å²) in [5.74, 6) is 0.952. The molecule has 0 radical (unpaired) electrons. The summed E-state index contributed by atoms with van der Waals surface area (Å²) < 4.78 is 2.22. The van der Waals surface area contributed by atoms with E-state index in [0.29, 0.717) is 0 Å². The lowest BCUT2D eigenvalue weighted by Gasteiger charge is -2.10. The molecular weight excluding hydrogens is 316 g/mol. The Kier molecular flexibility index (Phi) is 4.32. The number of benzene rings is 3. The fourth-order valence-electron chi connectivity index (χ4n) is 3.18. The van der Waals surface area contributed by atoms with E-state index in [1.54, 1.807) is 0 Å². The highest BCUT2D eigenvalue weighted by Gasteiger charge is 2.22. The fraction of sp³-hybridized carbons (Fsp3) is 0.0833. The molecular formula is C24H21N2+. The van der Waals surface area contributed by atoms with Crippen LogP contribution in [0.2, 0.25) is 0 Å². The molecule has 0 saturated heterocycles. The van der Waals surface area contributed by atoms with Crippen LogP contribution in [0.3, 0.4) is 0 Å². The van der Waals surface area contributed by atoms with Crippen LogP contribution in [0.25, 0.3) is 28.3 Å². The van der Waals surface area contributed by atoms with Gasteiger partial charge in [0.15, 0.2) is 5.69 Å². The number of aromatic nitrogens is 2. The molecule has 3 aromatic carbocycles. The summed E-state index contributed by atoms with van der Waals surface area (Å²) in [6.07, 6.45) is 0. The van der Waals surface area contributed by atoms with Crippen LogP contribution in [0.4, 0.5) is 0 Å². The molecule has 0 N–H and O–H groups in total. The lowest BCUT2D eigenvalue weighted by atomic mass is 10.1. The molecule has 0 saturated carbocycles. The van der Waals surface area contributed by atoms with Crippen LogP contribution >= 0.6 is 0 Å². The number of nitrogens with zero attached hydrogens (tertiary/aromatic N) is 2. The molecule has 0 aliphatic rings. The minimum absolute atomic E-state index is 0.952.